The van der Waals surface area contributed by atoms with Crippen LogP contribution in [0.4, 0.5) is 0 Å². The van der Waals surface area contributed by atoms with E-state index in [0.717, 1.165) is 44.0 Å². The highest BCUT2D eigenvalue weighted by molar-refractivity contribution is 5.92. The SMILES string of the molecule is CC(C)c1ncc(CN2CCC(CNC(=O)c3ccc[nH]3)C2)cn1. The molecule has 2 aromatic rings. The Bertz CT molecular complexity index is 651. The smallest absolute Gasteiger partial charge is 0.267 e. The molecule has 1 aliphatic rings. The maximum atomic E-state index is 11.9. The summed E-state index contributed by atoms with van der Waals surface area (Å²) in [5.74, 6) is 1.72. The van der Waals surface area contributed by atoms with Gasteiger partial charge in [-0.2, -0.15) is 0 Å². The Labute approximate surface area is 142 Å². The first-order chi connectivity index (χ1) is 11.6. The number of nitrogens with zero attached hydrogens (tertiary/aromatic N) is 3. The highest BCUT2D eigenvalue weighted by Gasteiger charge is 2.23. The summed E-state index contributed by atoms with van der Waals surface area (Å²) >= 11 is 0. The molecular weight excluding hydrogens is 302 g/mol. The summed E-state index contributed by atoms with van der Waals surface area (Å²) in [6, 6.07) is 3.62. The number of amides is 1. The zero-order valence-electron chi connectivity index (χ0n) is 14.3. The normalized spacial score (nSPS) is 18.2. The summed E-state index contributed by atoms with van der Waals surface area (Å²) in [4.78, 5) is 26.1. The van der Waals surface area contributed by atoms with Gasteiger partial charge in [-0.05, 0) is 31.0 Å². The molecule has 3 heterocycles. The Morgan fingerprint density at radius 1 is 1.42 bits per heavy atom. The van der Waals surface area contributed by atoms with Crippen LogP contribution in [0.3, 0.4) is 0 Å². The lowest BCUT2D eigenvalue weighted by atomic mass is 10.1. The van der Waals surface area contributed by atoms with E-state index in [0.29, 0.717) is 17.5 Å². The fraction of sp³-hybridized carbons (Fsp3) is 0.500. The van der Waals surface area contributed by atoms with E-state index in [1.165, 1.54) is 0 Å². The van der Waals surface area contributed by atoms with Crippen molar-refractivity contribution in [2.75, 3.05) is 19.6 Å². The Morgan fingerprint density at radius 2 is 2.21 bits per heavy atom. The molecule has 1 aliphatic heterocycles. The summed E-state index contributed by atoms with van der Waals surface area (Å²) in [6.45, 7) is 7.84. The third kappa shape index (κ3) is 4.20. The van der Waals surface area contributed by atoms with Gasteiger partial charge in [-0.3, -0.25) is 9.69 Å². The standard InChI is InChI=1S/C18H25N5O/c1-13(2)17-20-9-15(10-21-17)12-23-7-5-14(11-23)8-22-18(24)16-4-3-6-19-16/h3-4,6,9-10,13-14,19H,5,7-8,11-12H2,1-2H3,(H,22,24). The van der Waals surface area contributed by atoms with Crippen molar-refractivity contribution in [3.8, 4) is 0 Å². The molecule has 0 aromatic carbocycles. The lowest BCUT2D eigenvalue weighted by Crippen LogP contribution is -2.31. The summed E-state index contributed by atoms with van der Waals surface area (Å²) in [5, 5.41) is 3.01. The summed E-state index contributed by atoms with van der Waals surface area (Å²) in [5.41, 5.74) is 1.77. The molecular formula is C18H25N5O. The lowest BCUT2D eigenvalue weighted by Gasteiger charge is -2.16. The zero-order chi connectivity index (χ0) is 16.9. The molecule has 1 atom stereocenters. The third-order valence-electron chi connectivity index (χ3n) is 4.41. The van der Waals surface area contributed by atoms with Gasteiger partial charge in [0.2, 0.25) is 0 Å². The molecule has 0 bridgehead atoms. The average Bonchev–Trinajstić information content (AvgIpc) is 3.25. The quantitative estimate of drug-likeness (QED) is 0.853. The second-order valence-electron chi connectivity index (χ2n) is 6.79. The fourth-order valence-corrected chi connectivity index (χ4v) is 3.03. The number of hydrogen-bond acceptors (Lipinski definition) is 4. The molecule has 1 amide bonds. The lowest BCUT2D eigenvalue weighted by molar-refractivity contribution is 0.0943. The van der Waals surface area contributed by atoms with Crippen LogP contribution in [-0.2, 0) is 6.54 Å². The molecule has 6 nitrogen and oxygen atoms in total. The van der Waals surface area contributed by atoms with Gasteiger partial charge in [-0.15, -0.1) is 0 Å². The molecule has 2 aromatic heterocycles. The molecule has 2 N–H and O–H groups in total. The van der Waals surface area contributed by atoms with Crippen LogP contribution in [0.25, 0.3) is 0 Å². The highest BCUT2D eigenvalue weighted by atomic mass is 16.1. The van der Waals surface area contributed by atoms with Crippen molar-refractivity contribution >= 4 is 5.91 Å². The van der Waals surface area contributed by atoms with Gasteiger partial charge in [0.15, 0.2) is 0 Å². The van der Waals surface area contributed by atoms with Crippen molar-refractivity contribution in [3.63, 3.8) is 0 Å². The Hall–Kier alpha value is -2.21. The Morgan fingerprint density at radius 3 is 2.88 bits per heavy atom. The van der Waals surface area contributed by atoms with E-state index in [9.17, 15) is 4.79 Å². The van der Waals surface area contributed by atoms with E-state index in [1.54, 1.807) is 12.3 Å². The van der Waals surface area contributed by atoms with E-state index in [1.807, 2.05) is 18.5 Å². The number of rotatable bonds is 6. The average molecular weight is 327 g/mol. The minimum atomic E-state index is -0.0314. The molecule has 1 fully saturated rings. The van der Waals surface area contributed by atoms with E-state index in [2.05, 4.69) is 39.0 Å². The van der Waals surface area contributed by atoms with Crippen LogP contribution in [0, 0.1) is 5.92 Å². The van der Waals surface area contributed by atoms with Crippen LogP contribution < -0.4 is 5.32 Å². The van der Waals surface area contributed by atoms with Gasteiger partial charge in [-0.25, -0.2) is 9.97 Å². The van der Waals surface area contributed by atoms with E-state index in [-0.39, 0.29) is 5.91 Å². The maximum Gasteiger partial charge on any atom is 0.267 e. The first kappa shape index (κ1) is 16.6. The van der Waals surface area contributed by atoms with Gasteiger partial charge >= 0.3 is 0 Å². The van der Waals surface area contributed by atoms with Crippen molar-refractivity contribution in [1.82, 2.24) is 25.2 Å². The van der Waals surface area contributed by atoms with Crippen LogP contribution >= 0.6 is 0 Å². The van der Waals surface area contributed by atoms with Crippen LogP contribution in [0.15, 0.2) is 30.7 Å². The van der Waals surface area contributed by atoms with Crippen LogP contribution in [0.5, 0.6) is 0 Å². The van der Waals surface area contributed by atoms with Crippen molar-refractivity contribution in [3.05, 3.63) is 47.8 Å². The number of carbonyl (C=O) groups is 1. The molecule has 0 spiro atoms. The van der Waals surface area contributed by atoms with Crippen molar-refractivity contribution < 1.29 is 4.79 Å². The summed E-state index contributed by atoms with van der Waals surface area (Å²) < 4.78 is 0. The Kier molecular flexibility index (Phi) is 5.25. The second-order valence-corrected chi connectivity index (χ2v) is 6.79. The summed E-state index contributed by atoms with van der Waals surface area (Å²) in [6.07, 6.45) is 6.74. The highest BCUT2D eigenvalue weighted by Crippen LogP contribution is 2.18. The third-order valence-corrected chi connectivity index (χ3v) is 4.41. The predicted molar refractivity (Wildman–Crippen MR) is 92.6 cm³/mol. The molecule has 0 radical (unpaired) electrons. The number of carbonyl (C=O) groups excluding carboxylic acids is 1. The molecule has 24 heavy (non-hydrogen) atoms. The van der Waals surface area contributed by atoms with E-state index < -0.39 is 0 Å². The van der Waals surface area contributed by atoms with E-state index in [4.69, 9.17) is 0 Å². The predicted octanol–water partition coefficient (Wildman–Crippen LogP) is 2.18. The van der Waals surface area contributed by atoms with Crippen LogP contribution in [-0.4, -0.2) is 45.4 Å². The van der Waals surface area contributed by atoms with Crippen LogP contribution in [0.1, 0.15) is 48.1 Å². The molecule has 128 valence electrons. The van der Waals surface area contributed by atoms with Crippen molar-refractivity contribution in [2.45, 2.75) is 32.7 Å². The molecule has 6 heteroatoms. The monoisotopic (exact) mass is 327 g/mol. The minimum Gasteiger partial charge on any atom is -0.357 e. The summed E-state index contributed by atoms with van der Waals surface area (Å²) in [7, 11) is 0. The van der Waals surface area contributed by atoms with Gasteiger partial charge < -0.3 is 10.3 Å². The first-order valence-electron chi connectivity index (χ1n) is 8.56. The Balaban J connectivity index is 1.44. The van der Waals surface area contributed by atoms with Crippen LogP contribution in [0.2, 0.25) is 0 Å². The van der Waals surface area contributed by atoms with Gasteiger partial charge in [0.05, 0.1) is 0 Å². The van der Waals surface area contributed by atoms with Gasteiger partial charge in [0, 0.05) is 49.7 Å². The minimum absolute atomic E-state index is 0.0314. The fourth-order valence-electron chi connectivity index (χ4n) is 3.03. The number of H-pyrrole nitrogens is 1. The number of hydrogen-bond donors (Lipinski definition) is 2. The number of aromatic nitrogens is 3. The number of nitrogens with one attached hydrogen (secondary N) is 2. The van der Waals surface area contributed by atoms with Crippen molar-refractivity contribution in [2.24, 2.45) is 5.92 Å². The first-order valence-corrected chi connectivity index (χ1v) is 8.56. The molecule has 1 unspecified atom stereocenters. The largest absolute Gasteiger partial charge is 0.357 e. The van der Waals surface area contributed by atoms with E-state index >= 15 is 0 Å². The number of likely N-dealkylation sites (tertiary alicyclic amines) is 1. The topological polar surface area (TPSA) is 73.9 Å². The zero-order valence-corrected chi connectivity index (χ0v) is 14.3. The maximum absolute atomic E-state index is 11.9. The number of aromatic amines is 1. The second kappa shape index (κ2) is 7.57. The molecule has 1 saturated heterocycles. The molecule has 0 aliphatic carbocycles. The molecule has 0 saturated carbocycles. The van der Waals surface area contributed by atoms with Gasteiger partial charge in [-0.1, -0.05) is 13.8 Å². The van der Waals surface area contributed by atoms with Gasteiger partial charge in [0.25, 0.3) is 5.91 Å². The van der Waals surface area contributed by atoms with Crippen molar-refractivity contribution in [1.29, 1.82) is 0 Å². The van der Waals surface area contributed by atoms with Gasteiger partial charge in [0.1, 0.15) is 11.5 Å². The molecule has 3 rings (SSSR count).